The van der Waals surface area contributed by atoms with E-state index in [-0.39, 0.29) is 0 Å². The third-order valence-corrected chi connectivity index (χ3v) is 5.00. The molecule has 3 rings (SSSR count). The monoisotopic (exact) mass is 308 g/mol. The van der Waals surface area contributed by atoms with Gasteiger partial charge in [-0.15, -0.1) is 0 Å². The van der Waals surface area contributed by atoms with E-state index in [0.717, 1.165) is 19.1 Å². The standard InChI is InChI=1S/C15H21BrN2/c1-11-14-4-3-13(16)10-12(14)2-5-15(11)18-8-6-17-7-9-18/h3-4,10-11,15,17H,2,5-9H2,1H3. The number of fused-ring (bicyclic) bond motifs is 1. The van der Waals surface area contributed by atoms with E-state index in [1.807, 2.05) is 0 Å². The Kier molecular flexibility index (Phi) is 3.73. The zero-order chi connectivity index (χ0) is 12.5. The molecule has 0 spiro atoms. The van der Waals surface area contributed by atoms with E-state index in [2.05, 4.69) is 51.3 Å². The summed E-state index contributed by atoms with van der Waals surface area (Å²) in [4.78, 5) is 2.69. The van der Waals surface area contributed by atoms with Crippen molar-refractivity contribution in [3.8, 4) is 0 Å². The maximum Gasteiger partial charge on any atom is 0.0178 e. The molecule has 0 saturated carbocycles. The van der Waals surface area contributed by atoms with Crippen LogP contribution in [-0.2, 0) is 6.42 Å². The first kappa shape index (κ1) is 12.6. The molecule has 1 aromatic rings. The second-order valence-electron chi connectivity index (χ2n) is 5.52. The van der Waals surface area contributed by atoms with Crippen molar-refractivity contribution in [3.05, 3.63) is 33.8 Å². The number of halogens is 1. The topological polar surface area (TPSA) is 15.3 Å². The molecule has 1 aliphatic heterocycles. The quantitative estimate of drug-likeness (QED) is 0.858. The van der Waals surface area contributed by atoms with Crippen molar-refractivity contribution < 1.29 is 0 Å². The van der Waals surface area contributed by atoms with Crippen molar-refractivity contribution >= 4 is 15.9 Å². The van der Waals surface area contributed by atoms with Crippen LogP contribution in [0.4, 0.5) is 0 Å². The van der Waals surface area contributed by atoms with Crippen molar-refractivity contribution in [1.29, 1.82) is 0 Å². The van der Waals surface area contributed by atoms with Gasteiger partial charge >= 0.3 is 0 Å². The van der Waals surface area contributed by atoms with Gasteiger partial charge in [-0.1, -0.05) is 28.9 Å². The molecule has 2 atom stereocenters. The molecule has 1 heterocycles. The van der Waals surface area contributed by atoms with Crippen LogP contribution >= 0.6 is 15.9 Å². The third kappa shape index (κ3) is 2.36. The SMILES string of the molecule is CC1c2ccc(Br)cc2CCC1N1CCNCC1. The molecule has 0 bridgehead atoms. The van der Waals surface area contributed by atoms with Gasteiger partial charge in [0.15, 0.2) is 0 Å². The molecule has 0 amide bonds. The number of nitrogens with one attached hydrogen (secondary N) is 1. The van der Waals surface area contributed by atoms with E-state index in [1.165, 1.54) is 30.4 Å². The molecule has 1 aromatic carbocycles. The van der Waals surface area contributed by atoms with Gasteiger partial charge in [-0.2, -0.15) is 0 Å². The van der Waals surface area contributed by atoms with Crippen molar-refractivity contribution in [2.75, 3.05) is 26.2 Å². The minimum atomic E-state index is 0.667. The summed E-state index contributed by atoms with van der Waals surface area (Å²) in [6.45, 7) is 7.12. The Balaban J connectivity index is 1.82. The number of benzene rings is 1. The second kappa shape index (κ2) is 5.32. The average molecular weight is 309 g/mol. The Bertz CT molecular complexity index is 427. The first-order valence-corrected chi connectivity index (χ1v) is 7.78. The lowest BCUT2D eigenvalue weighted by Crippen LogP contribution is -2.51. The highest BCUT2D eigenvalue weighted by Crippen LogP contribution is 2.35. The zero-order valence-corrected chi connectivity index (χ0v) is 12.5. The molecular weight excluding hydrogens is 288 g/mol. The number of nitrogens with zero attached hydrogens (tertiary/aromatic N) is 1. The van der Waals surface area contributed by atoms with Gasteiger partial charge in [0, 0.05) is 36.7 Å². The normalized spacial score (nSPS) is 29.0. The van der Waals surface area contributed by atoms with Gasteiger partial charge < -0.3 is 5.32 Å². The summed E-state index contributed by atoms with van der Waals surface area (Å²) < 4.78 is 1.22. The van der Waals surface area contributed by atoms with E-state index in [9.17, 15) is 0 Å². The molecule has 1 saturated heterocycles. The molecule has 2 unspecified atom stereocenters. The highest BCUT2D eigenvalue weighted by molar-refractivity contribution is 9.10. The number of rotatable bonds is 1. The summed E-state index contributed by atoms with van der Waals surface area (Å²) in [5.74, 6) is 0.667. The molecule has 1 aliphatic carbocycles. The van der Waals surface area contributed by atoms with E-state index in [0.29, 0.717) is 5.92 Å². The fraction of sp³-hybridized carbons (Fsp3) is 0.600. The van der Waals surface area contributed by atoms with Crippen molar-refractivity contribution in [2.24, 2.45) is 0 Å². The fourth-order valence-corrected chi connectivity index (χ4v) is 3.92. The van der Waals surface area contributed by atoms with Gasteiger partial charge in [-0.25, -0.2) is 0 Å². The fourth-order valence-electron chi connectivity index (χ4n) is 3.51. The average Bonchev–Trinajstić information content (AvgIpc) is 2.40. The van der Waals surface area contributed by atoms with Crippen LogP contribution in [0.2, 0.25) is 0 Å². The van der Waals surface area contributed by atoms with Crippen molar-refractivity contribution in [1.82, 2.24) is 10.2 Å². The summed E-state index contributed by atoms with van der Waals surface area (Å²) >= 11 is 3.58. The number of hydrogen-bond acceptors (Lipinski definition) is 2. The molecule has 0 aromatic heterocycles. The summed E-state index contributed by atoms with van der Waals surface area (Å²) in [5, 5.41) is 3.45. The Morgan fingerprint density at radius 1 is 1.28 bits per heavy atom. The summed E-state index contributed by atoms with van der Waals surface area (Å²) in [7, 11) is 0. The largest absolute Gasteiger partial charge is 0.314 e. The minimum absolute atomic E-state index is 0.667. The summed E-state index contributed by atoms with van der Waals surface area (Å²) in [6, 6.07) is 7.55. The van der Waals surface area contributed by atoms with E-state index < -0.39 is 0 Å². The molecule has 3 heteroatoms. The van der Waals surface area contributed by atoms with E-state index >= 15 is 0 Å². The zero-order valence-electron chi connectivity index (χ0n) is 11.0. The smallest absolute Gasteiger partial charge is 0.0178 e. The van der Waals surface area contributed by atoms with Gasteiger partial charge in [0.25, 0.3) is 0 Å². The Labute approximate surface area is 118 Å². The Morgan fingerprint density at radius 2 is 2.06 bits per heavy atom. The van der Waals surface area contributed by atoms with Crippen LogP contribution in [0.15, 0.2) is 22.7 Å². The van der Waals surface area contributed by atoms with Crippen molar-refractivity contribution in [2.45, 2.75) is 31.7 Å². The van der Waals surface area contributed by atoms with E-state index in [4.69, 9.17) is 0 Å². The molecule has 98 valence electrons. The van der Waals surface area contributed by atoms with Crippen LogP contribution in [0.3, 0.4) is 0 Å². The molecule has 2 aliphatic rings. The van der Waals surface area contributed by atoms with Crippen LogP contribution in [0.1, 0.15) is 30.4 Å². The Hall–Kier alpha value is -0.380. The summed E-state index contributed by atoms with van der Waals surface area (Å²) in [5.41, 5.74) is 3.11. The highest BCUT2D eigenvalue weighted by Gasteiger charge is 2.31. The Morgan fingerprint density at radius 3 is 2.83 bits per heavy atom. The highest BCUT2D eigenvalue weighted by atomic mass is 79.9. The lowest BCUT2D eigenvalue weighted by molar-refractivity contribution is 0.141. The molecule has 18 heavy (non-hydrogen) atoms. The first-order chi connectivity index (χ1) is 8.75. The number of hydrogen-bond donors (Lipinski definition) is 1. The predicted octanol–water partition coefficient (Wildman–Crippen LogP) is 2.77. The maximum atomic E-state index is 3.58. The molecular formula is C15H21BrN2. The number of piperazine rings is 1. The van der Waals surface area contributed by atoms with Crippen LogP contribution < -0.4 is 5.32 Å². The van der Waals surface area contributed by atoms with Gasteiger partial charge in [0.2, 0.25) is 0 Å². The third-order valence-electron chi connectivity index (χ3n) is 4.50. The predicted molar refractivity (Wildman–Crippen MR) is 79.1 cm³/mol. The minimum Gasteiger partial charge on any atom is -0.314 e. The summed E-state index contributed by atoms with van der Waals surface area (Å²) in [6.07, 6.45) is 2.54. The molecule has 2 nitrogen and oxygen atoms in total. The van der Waals surface area contributed by atoms with Gasteiger partial charge in [0.05, 0.1) is 0 Å². The van der Waals surface area contributed by atoms with Gasteiger partial charge in [0.1, 0.15) is 0 Å². The van der Waals surface area contributed by atoms with E-state index in [1.54, 1.807) is 11.1 Å². The van der Waals surface area contributed by atoms with Gasteiger partial charge in [-0.3, -0.25) is 4.90 Å². The van der Waals surface area contributed by atoms with Crippen molar-refractivity contribution in [3.63, 3.8) is 0 Å². The van der Waals surface area contributed by atoms with Crippen LogP contribution in [0, 0.1) is 0 Å². The van der Waals surface area contributed by atoms with Gasteiger partial charge in [-0.05, 0) is 42.0 Å². The van der Waals surface area contributed by atoms with Crippen LogP contribution in [0.5, 0.6) is 0 Å². The lowest BCUT2D eigenvalue weighted by Gasteiger charge is -2.41. The maximum absolute atomic E-state index is 3.58. The second-order valence-corrected chi connectivity index (χ2v) is 6.44. The number of aryl methyl sites for hydroxylation is 1. The lowest BCUT2D eigenvalue weighted by atomic mass is 9.79. The molecule has 0 radical (unpaired) electrons. The molecule has 1 N–H and O–H groups in total. The molecule has 1 fully saturated rings. The van der Waals surface area contributed by atoms with Crippen LogP contribution in [0.25, 0.3) is 0 Å². The van der Waals surface area contributed by atoms with Crippen LogP contribution in [-0.4, -0.2) is 37.1 Å². The first-order valence-electron chi connectivity index (χ1n) is 6.99.